The Bertz CT molecular complexity index is 269. The van der Waals surface area contributed by atoms with Crippen LogP contribution in [0.5, 0.6) is 0 Å². The minimum Gasteiger partial charge on any atom is -0.481 e. The van der Waals surface area contributed by atoms with E-state index in [9.17, 15) is 9.59 Å². The Morgan fingerprint density at radius 1 is 1.33 bits per heavy atom. The number of carboxylic acids is 1. The molecule has 104 valence electrons. The summed E-state index contributed by atoms with van der Waals surface area (Å²) < 4.78 is 5.21. The van der Waals surface area contributed by atoms with E-state index in [0.717, 1.165) is 6.42 Å². The highest BCUT2D eigenvalue weighted by Gasteiger charge is 2.10. The second-order valence-corrected chi connectivity index (χ2v) is 3.90. The number of hydrogen-bond acceptors (Lipinski definition) is 3. The Labute approximate surface area is 107 Å². The van der Waals surface area contributed by atoms with E-state index in [1.165, 1.54) is 0 Å². The molecule has 0 aromatic carbocycles. The van der Waals surface area contributed by atoms with Crippen LogP contribution in [0.1, 0.15) is 19.8 Å². The number of aliphatic carboxylic acids is 1. The third-order valence-corrected chi connectivity index (χ3v) is 2.28. The second kappa shape index (κ2) is 10.6. The van der Waals surface area contributed by atoms with Crippen LogP contribution in [0.25, 0.3) is 0 Å². The van der Waals surface area contributed by atoms with Gasteiger partial charge in [-0.15, -0.1) is 6.58 Å². The van der Waals surface area contributed by atoms with Crippen LogP contribution < -0.4 is 10.6 Å². The quantitative estimate of drug-likeness (QED) is 0.403. The van der Waals surface area contributed by atoms with E-state index >= 15 is 0 Å². The van der Waals surface area contributed by atoms with Gasteiger partial charge in [0.15, 0.2) is 0 Å². The number of hydrogen-bond donors (Lipinski definition) is 3. The highest BCUT2D eigenvalue weighted by Crippen LogP contribution is 1.99. The maximum Gasteiger partial charge on any atom is 0.314 e. The number of urea groups is 1. The number of amides is 2. The standard InChI is InChI=1S/C12H22N2O4/c1-3-4-8-18-9-7-14-12(17)13-6-5-10(2)11(15)16/h3,10H,1,4-9H2,2H3,(H,15,16)(H2,13,14,17). The van der Waals surface area contributed by atoms with E-state index in [4.69, 9.17) is 9.84 Å². The number of nitrogens with one attached hydrogen (secondary N) is 2. The zero-order valence-corrected chi connectivity index (χ0v) is 10.8. The first-order valence-electron chi connectivity index (χ1n) is 6.01. The Balaban J connectivity index is 3.37. The summed E-state index contributed by atoms with van der Waals surface area (Å²) >= 11 is 0. The van der Waals surface area contributed by atoms with E-state index < -0.39 is 11.9 Å². The summed E-state index contributed by atoms with van der Waals surface area (Å²) in [7, 11) is 0. The van der Waals surface area contributed by atoms with Crippen molar-refractivity contribution >= 4 is 12.0 Å². The largest absolute Gasteiger partial charge is 0.481 e. The maximum atomic E-state index is 11.2. The predicted molar refractivity (Wildman–Crippen MR) is 68.5 cm³/mol. The molecule has 0 bridgehead atoms. The smallest absolute Gasteiger partial charge is 0.314 e. The van der Waals surface area contributed by atoms with Crippen LogP contribution >= 0.6 is 0 Å². The summed E-state index contributed by atoms with van der Waals surface area (Å²) in [4.78, 5) is 21.8. The summed E-state index contributed by atoms with van der Waals surface area (Å²) in [6.45, 7) is 7.00. The van der Waals surface area contributed by atoms with Gasteiger partial charge in [0.25, 0.3) is 0 Å². The van der Waals surface area contributed by atoms with Crippen molar-refractivity contribution in [2.24, 2.45) is 5.92 Å². The van der Waals surface area contributed by atoms with E-state index in [-0.39, 0.29) is 6.03 Å². The van der Waals surface area contributed by atoms with Gasteiger partial charge in [0.2, 0.25) is 0 Å². The van der Waals surface area contributed by atoms with Gasteiger partial charge in [0.1, 0.15) is 0 Å². The van der Waals surface area contributed by atoms with Gasteiger partial charge >= 0.3 is 12.0 Å². The van der Waals surface area contributed by atoms with Crippen LogP contribution in [0.15, 0.2) is 12.7 Å². The van der Waals surface area contributed by atoms with E-state index in [1.807, 2.05) is 0 Å². The SMILES string of the molecule is C=CCCOCCNC(=O)NCCC(C)C(=O)O. The van der Waals surface area contributed by atoms with Crippen molar-refractivity contribution in [2.75, 3.05) is 26.3 Å². The molecule has 0 saturated carbocycles. The van der Waals surface area contributed by atoms with E-state index in [1.54, 1.807) is 13.0 Å². The van der Waals surface area contributed by atoms with E-state index in [2.05, 4.69) is 17.2 Å². The summed E-state index contributed by atoms with van der Waals surface area (Å²) in [5.74, 6) is -1.31. The average molecular weight is 258 g/mol. The van der Waals surface area contributed by atoms with Crippen LogP contribution in [-0.4, -0.2) is 43.4 Å². The first-order chi connectivity index (χ1) is 8.57. The van der Waals surface area contributed by atoms with Gasteiger partial charge in [-0.2, -0.15) is 0 Å². The van der Waals surface area contributed by atoms with Crippen molar-refractivity contribution < 1.29 is 19.4 Å². The molecule has 0 aliphatic rings. The molecule has 0 saturated heterocycles. The van der Waals surface area contributed by atoms with Crippen LogP contribution in [-0.2, 0) is 9.53 Å². The van der Waals surface area contributed by atoms with Crippen molar-refractivity contribution in [3.8, 4) is 0 Å². The molecule has 0 radical (unpaired) electrons. The van der Waals surface area contributed by atoms with Crippen LogP contribution in [0, 0.1) is 5.92 Å². The average Bonchev–Trinajstić information content (AvgIpc) is 2.33. The number of carbonyl (C=O) groups is 2. The van der Waals surface area contributed by atoms with E-state index in [0.29, 0.717) is 32.7 Å². The molecule has 1 atom stereocenters. The molecular formula is C12H22N2O4. The van der Waals surface area contributed by atoms with Crippen molar-refractivity contribution in [2.45, 2.75) is 19.8 Å². The van der Waals surface area contributed by atoms with Crippen LogP contribution in [0.4, 0.5) is 4.79 Å². The molecule has 0 rings (SSSR count). The number of ether oxygens (including phenoxy) is 1. The zero-order valence-electron chi connectivity index (χ0n) is 10.8. The lowest BCUT2D eigenvalue weighted by Crippen LogP contribution is -2.38. The molecule has 0 spiro atoms. The van der Waals surface area contributed by atoms with Crippen molar-refractivity contribution in [3.63, 3.8) is 0 Å². The molecule has 0 aromatic heterocycles. The van der Waals surface area contributed by atoms with Crippen molar-refractivity contribution in [1.29, 1.82) is 0 Å². The van der Waals surface area contributed by atoms with Gasteiger partial charge in [-0.1, -0.05) is 13.0 Å². The fraction of sp³-hybridized carbons (Fsp3) is 0.667. The molecular weight excluding hydrogens is 236 g/mol. The molecule has 18 heavy (non-hydrogen) atoms. The van der Waals surface area contributed by atoms with Gasteiger partial charge < -0.3 is 20.5 Å². The zero-order chi connectivity index (χ0) is 13.8. The molecule has 6 nitrogen and oxygen atoms in total. The van der Waals surface area contributed by atoms with Crippen LogP contribution in [0.3, 0.4) is 0 Å². The Morgan fingerprint density at radius 3 is 2.61 bits per heavy atom. The molecule has 0 fully saturated rings. The first-order valence-corrected chi connectivity index (χ1v) is 6.01. The highest BCUT2D eigenvalue weighted by molar-refractivity contribution is 5.74. The third kappa shape index (κ3) is 9.65. The summed E-state index contributed by atoms with van der Waals surface area (Å²) in [5, 5.41) is 13.8. The minimum atomic E-state index is -0.854. The van der Waals surface area contributed by atoms with Gasteiger partial charge in [-0.05, 0) is 12.8 Å². The lowest BCUT2D eigenvalue weighted by molar-refractivity contribution is -0.141. The topological polar surface area (TPSA) is 87.7 Å². The normalized spacial score (nSPS) is 11.6. The summed E-state index contributed by atoms with van der Waals surface area (Å²) in [6.07, 6.45) is 2.97. The minimum absolute atomic E-state index is 0.306. The van der Waals surface area contributed by atoms with Gasteiger partial charge in [-0.3, -0.25) is 4.79 Å². The monoisotopic (exact) mass is 258 g/mol. The molecule has 1 unspecified atom stereocenters. The molecule has 0 heterocycles. The predicted octanol–water partition coefficient (Wildman–Crippen LogP) is 0.989. The summed E-state index contributed by atoms with van der Waals surface area (Å²) in [5.41, 5.74) is 0. The van der Waals surface area contributed by atoms with Gasteiger partial charge in [0.05, 0.1) is 19.1 Å². The Hall–Kier alpha value is -1.56. The number of carbonyl (C=O) groups excluding carboxylic acids is 1. The molecule has 0 aliphatic carbocycles. The lowest BCUT2D eigenvalue weighted by Gasteiger charge is -2.09. The second-order valence-electron chi connectivity index (χ2n) is 3.90. The molecule has 2 amide bonds. The molecule has 0 aliphatic heterocycles. The van der Waals surface area contributed by atoms with Crippen molar-refractivity contribution in [3.05, 3.63) is 12.7 Å². The summed E-state index contributed by atoms with van der Waals surface area (Å²) in [6, 6.07) is -0.306. The Morgan fingerprint density at radius 2 is 2.00 bits per heavy atom. The fourth-order valence-electron chi connectivity index (χ4n) is 1.09. The molecule has 3 N–H and O–H groups in total. The first kappa shape index (κ1) is 16.4. The Kier molecular flexibility index (Phi) is 9.67. The highest BCUT2D eigenvalue weighted by atomic mass is 16.5. The number of carboxylic acid groups (broad SMARTS) is 1. The van der Waals surface area contributed by atoms with Gasteiger partial charge in [-0.25, -0.2) is 4.79 Å². The molecule has 6 heteroatoms. The number of rotatable bonds is 10. The van der Waals surface area contributed by atoms with Gasteiger partial charge in [0, 0.05) is 13.1 Å². The third-order valence-electron chi connectivity index (χ3n) is 2.28. The maximum absolute atomic E-state index is 11.2. The fourth-order valence-corrected chi connectivity index (χ4v) is 1.09. The van der Waals surface area contributed by atoms with Crippen molar-refractivity contribution in [1.82, 2.24) is 10.6 Å². The van der Waals surface area contributed by atoms with Crippen LogP contribution in [0.2, 0.25) is 0 Å². The molecule has 0 aromatic rings. The lowest BCUT2D eigenvalue weighted by atomic mass is 10.1.